The molecule has 1 aliphatic heterocycles. The Labute approximate surface area is 256 Å². The van der Waals surface area contributed by atoms with Crippen LogP contribution in [0.5, 0.6) is 0 Å². The topological polar surface area (TPSA) is 43.4 Å². The summed E-state index contributed by atoms with van der Waals surface area (Å²) in [5, 5.41) is 6.78. The van der Waals surface area contributed by atoms with E-state index in [9.17, 15) is 4.39 Å². The summed E-state index contributed by atoms with van der Waals surface area (Å²) in [6.45, 7) is 14.2. The zero-order valence-corrected chi connectivity index (χ0v) is 25.9. The maximum absolute atomic E-state index is 13.8. The number of aromatic nitrogens is 1. The zero-order valence-electron chi connectivity index (χ0n) is 25.9. The van der Waals surface area contributed by atoms with E-state index in [1.807, 2.05) is 25.4 Å². The van der Waals surface area contributed by atoms with Crippen LogP contribution in [0.15, 0.2) is 103 Å². The van der Waals surface area contributed by atoms with E-state index in [1.165, 1.54) is 40.2 Å². The molecule has 0 aliphatic carbocycles. The third-order valence-electron chi connectivity index (χ3n) is 8.77. The van der Waals surface area contributed by atoms with Gasteiger partial charge < -0.3 is 15.5 Å². The predicted molar refractivity (Wildman–Crippen MR) is 177 cm³/mol. The van der Waals surface area contributed by atoms with E-state index >= 15 is 0 Å². The van der Waals surface area contributed by atoms with Crippen LogP contribution in [0.25, 0.3) is 0 Å². The molecule has 0 spiro atoms. The maximum atomic E-state index is 13.8. The number of allylic oxidation sites excluding steroid dienone is 1. The van der Waals surface area contributed by atoms with Crippen molar-refractivity contribution in [1.29, 1.82) is 0 Å². The lowest BCUT2D eigenvalue weighted by Crippen LogP contribution is -2.38. The molecule has 43 heavy (non-hydrogen) atoms. The first kappa shape index (κ1) is 30.5. The van der Waals surface area contributed by atoms with Crippen LogP contribution in [0.1, 0.15) is 61.2 Å². The number of anilines is 3. The zero-order chi connectivity index (χ0) is 30.3. The normalized spacial score (nSPS) is 15.6. The lowest BCUT2D eigenvalue weighted by atomic mass is 9.91. The number of hydrogen-bond acceptors (Lipinski definition) is 5. The van der Waals surface area contributed by atoms with Crippen LogP contribution < -0.4 is 15.5 Å². The van der Waals surface area contributed by atoms with Gasteiger partial charge in [-0.1, -0.05) is 49.0 Å². The van der Waals surface area contributed by atoms with Crippen LogP contribution in [0.4, 0.5) is 21.5 Å². The van der Waals surface area contributed by atoms with Crippen LogP contribution in [0, 0.1) is 18.7 Å². The van der Waals surface area contributed by atoms with Crippen molar-refractivity contribution in [2.24, 2.45) is 5.92 Å². The molecule has 2 unspecified atom stereocenters. The van der Waals surface area contributed by atoms with Crippen molar-refractivity contribution in [3.63, 3.8) is 0 Å². The first-order chi connectivity index (χ1) is 20.8. The molecule has 0 amide bonds. The smallest absolute Gasteiger partial charge is 0.125 e. The number of nitrogens with one attached hydrogen (secondary N) is 2. The fourth-order valence-corrected chi connectivity index (χ4v) is 6.14. The maximum Gasteiger partial charge on any atom is 0.125 e. The Morgan fingerprint density at radius 1 is 1.00 bits per heavy atom. The highest BCUT2D eigenvalue weighted by atomic mass is 19.1. The predicted octanol–water partition coefficient (Wildman–Crippen LogP) is 8.55. The van der Waals surface area contributed by atoms with Crippen LogP contribution >= 0.6 is 0 Å². The molecule has 5 nitrogen and oxygen atoms in total. The van der Waals surface area contributed by atoms with Crippen molar-refractivity contribution in [2.75, 3.05) is 30.4 Å². The van der Waals surface area contributed by atoms with Gasteiger partial charge in [-0.05, 0) is 113 Å². The largest absolute Gasteiger partial charge is 0.355 e. The van der Waals surface area contributed by atoms with E-state index in [0.717, 1.165) is 49.5 Å². The van der Waals surface area contributed by atoms with Gasteiger partial charge in [0.05, 0.1) is 11.7 Å². The Bertz CT molecular complexity index is 1510. The number of likely N-dealkylation sites (tertiary alicyclic amines) is 1. The van der Waals surface area contributed by atoms with Gasteiger partial charge in [0.1, 0.15) is 5.82 Å². The molecule has 5 rings (SSSR count). The van der Waals surface area contributed by atoms with Gasteiger partial charge in [0.25, 0.3) is 0 Å². The SMILES string of the molecule is C=C(C1CCN(Cc2ccc(Nc3cccc(F)c3)c(C(C)NC)c2)CC1)N(c1ccccc1C)C(C)c1ccccn1. The average molecular weight is 578 g/mol. The number of piperidine rings is 1. The number of rotatable bonds is 11. The number of nitrogens with zero attached hydrogens (tertiary/aromatic N) is 3. The van der Waals surface area contributed by atoms with E-state index in [0.29, 0.717) is 5.92 Å². The molecule has 1 aromatic heterocycles. The summed E-state index contributed by atoms with van der Waals surface area (Å²) in [5.41, 5.74) is 8.85. The summed E-state index contributed by atoms with van der Waals surface area (Å²) in [5.74, 6) is 0.156. The number of benzene rings is 3. The van der Waals surface area contributed by atoms with Crippen molar-refractivity contribution in [3.05, 3.63) is 132 Å². The number of hydrogen-bond donors (Lipinski definition) is 2. The summed E-state index contributed by atoms with van der Waals surface area (Å²) < 4.78 is 13.8. The molecular formula is C37H44FN5. The molecule has 2 N–H and O–H groups in total. The van der Waals surface area contributed by atoms with Gasteiger partial charge >= 0.3 is 0 Å². The summed E-state index contributed by atoms with van der Waals surface area (Å²) in [6, 6.07) is 28.1. The Morgan fingerprint density at radius 2 is 1.77 bits per heavy atom. The van der Waals surface area contributed by atoms with Crippen molar-refractivity contribution in [1.82, 2.24) is 15.2 Å². The minimum Gasteiger partial charge on any atom is -0.355 e. The van der Waals surface area contributed by atoms with Gasteiger partial charge in [0.15, 0.2) is 0 Å². The fourth-order valence-electron chi connectivity index (χ4n) is 6.14. The molecule has 2 heterocycles. The van der Waals surface area contributed by atoms with Gasteiger partial charge in [-0.2, -0.15) is 0 Å². The minimum atomic E-state index is -0.246. The first-order valence-electron chi connectivity index (χ1n) is 15.3. The second-order valence-corrected chi connectivity index (χ2v) is 11.7. The fraction of sp³-hybridized carbons (Fsp3) is 0.324. The van der Waals surface area contributed by atoms with Crippen LogP contribution in [-0.2, 0) is 6.54 Å². The molecule has 6 heteroatoms. The quantitative estimate of drug-likeness (QED) is 0.187. The lowest BCUT2D eigenvalue weighted by molar-refractivity contribution is 0.189. The number of aryl methyl sites for hydroxylation is 1. The van der Waals surface area contributed by atoms with Crippen molar-refractivity contribution >= 4 is 17.1 Å². The molecule has 0 bridgehead atoms. The monoisotopic (exact) mass is 577 g/mol. The highest BCUT2D eigenvalue weighted by Crippen LogP contribution is 2.38. The summed E-state index contributed by atoms with van der Waals surface area (Å²) in [7, 11) is 1.97. The molecular weight excluding hydrogens is 533 g/mol. The van der Waals surface area contributed by atoms with E-state index in [1.54, 1.807) is 6.07 Å². The van der Waals surface area contributed by atoms with Gasteiger partial charge in [0.2, 0.25) is 0 Å². The third kappa shape index (κ3) is 7.32. The number of halogens is 1. The van der Waals surface area contributed by atoms with E-state index in [2.05, 4.69) is 107 Å². The molecule has 0 radical (unpaired) electrons. The molecule has 1 fully saturated rings. The Balaban J connectivity index is 1.28. The molecule has 224 valence electrons. The van der Waals surface area contributed by atoms with Crippen molar-refractivity contribution < 1.29 is 4.39 Å². The molecule has 1 saturated heterocycles. The van der Waals surface area contributed by atoms with E-state index < -0.39 is 0 Å². The second kappa shape index (κ2) is 14.0. The van der Waals surface area contributed by atoms with E-state index in [4.69, 9.17) is 0 Å². The summed E-state index contributed by atoms with van der Waals surface area (Å²) in [4.78, 5) is 9.64. The molecule has 0 saturated carbocycles. The third-order valence-corrected chi connectivity index (χ3v) is 8.77. The Kier molecular flexibility index (Phi) is 9.90. The Hall–Kier alpha value is -4.00. The van der Waals surface area contributed by atoms with Crippen molar-refractivity contribution in [2.45, 2.75) is 52.2 Å². The minimum absolute atomic E-state index is 0.0833. The summed E-state index contributed by atoms with van der Waals surface area (Å²) in [6.07, 6.45) is 4.00. The summed E-state index contributed by atoms with van der Waals surface area (Å²) >= 11 is 0. The molecule has 4 aromatic rings. The van der Waals surface area contributed by atoms with Crippen LogP contribution in [0.3, 0.4) is 0 Å². The lowest BCUT2D eigenvalue weighted by Gasteiger charge is -2.40. The first-order valence-corrected chi connectivity index (χ1v) is 15.3. The molecule has 3 aromatic carbocycles. The average Bonchev–Trinajstić information content (AvgIpc) is 3.03. The number of pyridine rings is 1. The van der Waals surface area contributed by atoms with Crippen LogP contribution in [-0.4, -0.2) is 30.0 Å². The Morgan fingerprint density at radius 3 is 2.47 bits per heavy atom. The highest BCUT2D eigenvalue weighted by molar-refractivity contribution is 5.64. The standard InChI is InChI=1S/C37H44FN5/c1-26-11-6-7-15-37(26)43(29(4)35-14-8-9-20-40-35)28(3)31-18-21-42(22-19-31)25-30-16-17-36(34(23-30)27(2)39-5)41-33-13-10-12-32(38)24-33/h6-17,20,23-24,27,29,31,39,41H,3,18-19,21-22,25H2,1-2,4-5H3. The number of para-hydroxylation sites is 1. The van der Waals surface area contributed by atoms with Gasteiger partial charge in [-0.25, -0.2) is 4.39 Å². The van der Waals surface area contributed by atoms with E-state index in [-0.39, 0.29) is 17.9 Å². The second-order valence-electron chi connectivity index (χ2n) is 11.7. The van der Waals surface area contributed by atoms with Gasteiger partial charge in [0, 0.05) is 47.5 Å². The molecule has 1 aliphatic rings. The van der Waals surface area contributed by atoms with Crippen LogP contribution in [0.2, 0.25) is 0 Å². The molecule has 2 atom stereocenters. The van der Waals surface area contributed by atoms with Crippen molar-refractivity contribution in [3.8, 4) is 0 Å². The highest BCUT2D eigenvalue weighted by Gasteiger charge is 2.29. The van der Waals surface area contributed by atoms with Gasteiger partial charge in [-0.15, -0.1) is 0 Å². The van der Waals surface area contributed by atoms with Gasteiger partial charge in [-0.3, -0.25) is 9.88 Å².